The Balaban J connectivity index is 1.96. The Labute approximate surface area is 93.1 Å². The fourth-order valence-electron chi connectivity index (χ4n) is 1.99. The smallest absolute Gasteiger partial charge is 0.0997 e. The molecule has 1 aliphatic carbocycles. The third-order valence-electron chi connectivity index (χ3n) is 2.77. The van der Waals surface area contributed by atoms with Gasteiger partial charge in [0.25, 0.3) is 0 Å². The molecule has 2 heteroatoms. The van der Waals surface area contributed by atoms with Crippen LogP contribution in [-0.4, -0.2) is 4.98 Å². The first kappa shape index (κ1) is 8.86. The van der Waals surface area contributed by atoms with Gasteiger partial charge in [0.2, 0.25) is 0 Å². The van der Waals surface area contributed by atoms with E-state index in [9.17, 15) is 0 Å². The zero-order chi connectivity index (χ0) is 10.1. The van der Waals surface area contributed by atoms with E-state index in [4.69, 9.17) is 0 Å². The molecule has 1 heterocycles. The van der Waals surface area contributed by atoms with Crippen LogP contribution in [0.5, 0.6) is 0 Å². The van der Waals surface area contributed by atoms with Crippen LogP contribution in [-0.2, 0) is 6.42 Å². The fraction of sp³-hybridized carbons (Fsp3) is 0.154. The highest BCUT2D eigenvalue weighted by Crippen LogP contribution is 2.30. The Bertz CT molecular complexity index is 485. The first-order valence-electron chi connectivity index (χ1n) is 5.09. The van der Waals surface area contributed by atoms with Crippen LogP contribution in [0.25, 0.3) is 6.08 Å². The SMILES string of the molecule is C1=CC(c2nccs2)Cc2ccccc21. The fourth-order valence-corrected chi connectivity index (χ4v) is 2.71. The Morgan fingerprint density at radius 2 is 2.20 bits per heavy atom. The molecule has 0 saturated carbocycles. The third kappa shape index (κ3) is 1.61. The first-order valence-corrected chi connectivity index (χ1v) is 5.97. The molecule has 2 aromatic rings. The molecule has 0 fully saturated rings. The van der Waals surface area contributed by atoms with Gasteiger partial charge in [-0.15, -0.1) is 11.3 Å². The average molecular weight is 213 g/mol. The van der Waals surface area contributed by atoms with Gasteiger partial charge in [-0.25, -0.2) is 4.98 Å². The molecule has 0 saturated heterocycles. The van der Waals surface area contributed by atoms with E-state index in [1.807, 2.05) is 11.6 Å². The van der Waals surface area contributed by atoms with E-state index in [-0.39, 0.29) is 0 Å². The van der Waals surface area contributed by atoms with Gasteiger partial charge < -0.3 is 0 Å². The van der Waals surface area contributed by atoms with Crippen molar-refractivity contribution >= 4 is 17.4 Å². The average Bonchev–Trinajstić information content (AvgIpc) is 2.82. The van der Waals surface area contributed by atoms with E-state index in [1.54, 1.807) is 11.3 Å². The van der Waals surface area contributed by atoms with E-state index >= 15 is 0 Å². The van der Waals surface area contributed by atoms with Gasteiger partial charge in [-0.1, -0.05) is 36.4 Å². The number of aromatic nitrogens is 1. The van der Waals surface area contributed by atoms with Gasteiger partial charge in [0.05, 0.1) is 5.01 Å². The van der Waals surface area contributed by atoms with Crippen molar-refractivity contribution in [2.75, 3.05) is 0 Å². The molecule has 0 aliphatic heterocycles. The highest BCUT2D eigenvalue weighted by atomic mass is 32.1. The summed E-state index contributed by atoms with van der Waals surface area (Å²) in [6.07, 6.45) is 7.45. The molecule has 0 spiro atoms. The Hall–Kier alpha value is -1.41. The van der Waals surface area contributed by atoms with Crippen LogP contribution in [0.3, 0.4) is 0 Å². The second-order valence-electron chi connectivity index (χ2n) is 3.74. The van der Waals surface area contributed by atoms with Crippen molar-refractivity contribution in [2.24, 2.45) is 0 Å². The quantitative estimate of drug-likeness (QED) is 0.706. The summed E-state index contributed by atoms with van der Waals surface area (Å²) in [6.45, 7) is 0. The molecule has 0 bridgehead atoms. The molecule has 74 valence electrons. The van der Waals surface area contributed by atoms with Gasteiger partial charge in [0, 0.05) is 17.5 Å². The van der Waals surface area contributed by atoms with Gasteiger partial charge in [0.15, 0.2) is 0 Å². The van der Waals surface area contributed by atoms with Crippen molar-refractivity contribution in [3.05, 3.63) is 58.1 Å². The summed E-state index contributed by atoms with van der Waals surface area (Å²) >= 11 is 1.74. The summed E-state index contributed by atoms with van der Waals surface area (Å²) in [6, 6.07) is 8.58. The summed E-state index contributed by atoms with van der Waals surface area (Å²) in [7, 11) is 0. The number of hydrogen-bond acceptors (Lipinski definition) is 2. The minimum Gasteiger partial charge on any atom is -0.249 e. The molecule has 1 aliphatic rings. The molecule has 1 aromatic carbocycles. The van der Waals surface area contributed by atoms with Gasteiger partial charge in [-0.3, -0.25) is 0 Å². The highest BCUT2D eigenvalue weighted by molar-refractivity contribution is 7.09. The number of thiazole rings is 1. The molecule has 0 amide bonds. The van der Waals surface area contributed by atoms with Crippen molar-refractivity contribution < 1.29 is 0 Å². The molecule has 0 N–H and O–H groups in total. The maximum Gasteiger partial charge on any atom is 0.0997 e. The zero-order valence-electron chi connectivity index (χ0n) is 8.26. The molecule has 1 atom stereocenters. The molecule has 1 nitrogen and oxygen atoms in total. The van der Waals surface area contributed by atoms with Crippen LogP contribution in [0.4, 0.5) is 0 Å². The first-order chi connectivity index (χ1) is 7.43. The number of benzene rings is 1. The van der Waals surface area contributed by atoms with Crippen LogP contribution in [0.1, 0.15) is 22.1 Å². The van der Waals surface area contributed by atoms with Crippen molar-refractivity contribution in [1.82, 2.24) is 4.98 Å². The summed E-state index contributed by atoms with van der Waals surface area (Å²) in [4.78, 5) is 4.38. The normalized spacial score (nSPS) is 18.8. The van der Waals surface area contributed by atoms with Gasteiger partial charge in [-0.05, 0) is 17.5 Å². The van der Waals surface area contributed by atoms with Crippen LogP contribution in [0.15, 0.2) is 41.9 Å². The number of rotatable bonds is 1. The summed E-state index contributed by atoms with van der Waals surface area (Å²) in [5, 5.41) is 3.27. The highest BCUT2D eigenvalue weighted by Gasteiger charge is 2.16. The lowest BCUT2D eigenvalue weighted by Crippen LogP contribution is -2.04. The van der Waals surface area contributed by atoms with E-state index in [0.717, 1.165) is 6.42 Å². The second-order valence-corrected chi connectivity index (χ2v) is 4.67. The van der Waals surface area contributed by atoms with E-state index in [2.05, 4.69) is 41.4 Å². The number of nitrogens with zero attached hydrogens (tertiary/aromatic N) is 1. The summed E-state index contributed by atoms with van der Waals surface area (Å²) < 4.78 is 0. The van der Waals surface area contributed by atoms with Crippen LogP contribution in [0.2, 0.25) is 0 Å². The van der Waals surface area contributed by atoms with Crippen molar-refractivity contribution in [2.45, 2.75) is 12.3 Å². The molecule has 1 aromatic heterocycles. The third-order valence-corrected chi connectivity index (χ3v) is 3.68. The van der Waals surface area contributed by atoms with Gasteiger partial charge in [0.1, 0.15) is 0 Å². The lowest BCUT2D eigenvalue weighted by Gasteiger charge is -2.17. The lowest BCUT2D eigenvalue weighted by molar-refractivity contribution is 0.817. The number of fused-ring (bicyclic) bond motifs is 1. The van der Waals surface area contributed by atoms with Crippen LogP contribution in [0, 0.1) is 0 Å². The topological polar surface area (TPSA) is 12.9 Å². The summed E-state index contributed by atoms with van der Waals surface area (Å²) in [5.74, 6) is 0.472. The van der Waals surface area contributed by atoms with Crippen LogP contribution < -0.4 is 0 Å². The maximum atomic E-state index is 4.38. The molecular weight excluding hydrogens is 202 g/mol. The Morgan fingerprint density at radius 3 is 3.07 bits per heavy atom. The van der Waals surface area contributed by atoms with Crippen LogP contribution >= 0.6 is 11.3 Å². The van der Waals surface area contributed by atoms with Crippen molar-refractivity contribution in [3.63, 3.8) is 0 Å². The Morgan fingerprint density at radius 1 is 1.27 bits per heavy atom. The maximum absolute atomic E-state index is 4.38. The minimum atomic E-state index is 0.472. The monoisotopic (exact) mass is 213 g/mol. The largest absolute Gasteiger partial charge is 0.249 e. The zero-order valence-corrected chi connectivity index (χ0v) is 9.08. The molecule has 0 radical (unpaired) electrons. The second kappa shape index (κ2) is 3.63. The molecule has 1 unspecified atom stereocenters. The van der Waals surface area contributed by atoms with Crippen molar-refractivity contribution in [1.29, 1.82) is 0 Å². The van der Waals surface area contributed by atoms with E-state index in [1.165, 1.54) is 16.1 Å². The summed E-state index contributed by atoms with van der Waals surface area (Å²) in [5.41, 5.74) is 2.78. The minimum absolute atomic E-state index is 0.472. The standard InChI is InChI=1S/C13H11NS/c1-2-4-11-9-12(6-5-10(11)3-1)13-14-7-8-15-13/h1-8,12H,9H2. The molecule has 3 rings (SSSR count). The molecular formula is C13H11NS. The number of allylic oxidation sites excluding steroid dienone is 1. The van der Waals surface area contributed by atoms with Gasteiger partial charge >= 0.3 is 0 Å². The van der Waals surface area contributed by atoms with Gasteiger partial charge in [-0.2, -0.15) is 0 Å². The molecule has 15 heavy (non-hydrogen) atoms. The predicted molar refractivity (Wildman–Crippen MR) is 64.0 cm³/mol. The van der Waals surface area contributed by atoms with E-state index < -0.39 is 0 Å². The lowest BCUT2D eigenvalue weighted by atomic mass is 9.90. The predicted octanol–water partition coefficient (Wildman–Crippen LogP) is 3.50. The van der Waals surface area contributed by atoms with Crippen molar-refractivity contribution in [3.8, 4) is 0 Å². The number of hydrogen-bond donors (Lipinski definition) is 0. The van der Waals surface area contributed by atoms with E-state index in [0.29, 0.717) is 5.92 Å². The Kier molecular flexibility index (Phi) is 2.14.